The maximum atomic E-state index is 13.3. The highest BCUT2D eigenvalue weighted by Crippen LogP contribution is 2.67. The van der Waals surface area contributed by atoms with Crippen LogP contribution in [-0.2, 0) is 19.1 Å². The number of aliphatic hydroxyl groups is 1. The fraction of sp³-hybridized carbons (Fsp3) is 0.667. The molecule has 6 atom stereocenters. The van der Waals surface area contributed by atoms with Crippen LogP contribution in [0.25, 0.3) is 0 Å². The Balaban J connectivity index is 1.76. The number of carbonyl (C=O) groups excluding carboxylic acids is 3. The molecule has 2 saturated carbocycles. The summed E-state index contributed by atoms with van der Waals surface area (Å²) in [6.45, 7) is 7.68. The van der Waals surface area contributed by atoms with E-state index in [9.17, 15) is 19.5 Å². The van der Waals surface area contributed by atoms with Gasteiger partial charge in [0.2, 0.25) is 5.78 Å². The number of esters is 1. The monoisotopic (exact) mass is 440 g/mol. The number of hydrogen-bond acceptors (Lipinski definition) is 5. The van der Waals surface area contributed by atoms with E-state index in [1.165, 1.54) is 11.1 Å². The lowest BCUT2D eigenvalue weighted by molar-refractivity contribution is -0.190. The third-order valence-electron chi connectivity index (χ3n) is 9.06. The predicted octanol–water partition coefficient (Wildman–Crippen LogP) is 4.49. The summed E-state index contributed by atoms with van der Waals surface area (Å²) in [7, 11) is 0. The van der Waals surface area contributed by atoms with E-state index in [1.807, 2.05) is 19.9 Å². The van der Waals surface area contributed by atoms with Crippen LogP contribution < -0.4 is 0 Å². The first-order valence-electron chi connectivity index (χ1n) is 12.1. The Bertz CT molecular complexity index is 926. The molecule has 0 saturated heterocycles. The third-order valence-corrected chi connectivity index (χ3v) is 9.06. The van der Waals surface area contributed by atoms with Crippen molar-refractivity contribution in [2.75, 3.05) is 6.61 Å². The van der Waals surface area contributed by atoms with Crippen LogP contribution in [0.1, 0.15) is 72.6 Å². The largest absolute Gasteiger partial charge is 0.450 e. The van der Waals surface area contributed by atoms with E-state index in [4.69, 9.17) is 4.74 Å². The van der Waals surface area contributed by atoms with Crippen molar-refractivity contribution in [3.05, 3.63) is 35.5 Å². The van der Waals surface area contributed by atoms with Gasteiger partial charge in [-0.05, 0) is 63.0 Å². The van der Waals surface area contributed by atoms with Crippen LogP contribution in [0.2, 0.25) is 0 Å². The van der Waals surface area contributed by atoms with Gasteiger partial charge in [-0.2, -0.15) is 0 Å². The molecule has 32 heavy (non-hydrogen) atoms. The van der Waals surface area contributed by atoms with Crippen LogP contribution in [0.15, 0.2) is 35.5 Å². The molecular formula is C27H36O5. The smallest absolute Gasteiger partial charge is 0.306 e. The van der Waals surface area contributed by atoms with Crippen molar-refractivity contribution < 1.29 is 24.2 Å². The molecule has 1 N–H and O–H groups in total. The van der Waals surface area contributed by atoms with Crippen LogP contribution in [0, 0.1) is 28.6 Å². The minimum absolute atomic E-state index is 0.0539. The van der Waals surface area contributed by atoms with Gasteiger partial charge in [0.15, 0.2) is 11.4 Å². The summed E-state index contributed by atoms with van der Waals surface area (Å²) >= 11 is 0. The van der Waals surface area contributed by atoms with Crippen LogP contribution >= 0.6 is 0 Å². The predicted molar refractivity (Wildman–Crippen MR) is 122 cm³/mol. The second kappa shape index (κ2) is 8.09. The molecule has 0 aromatic heterocycles. The number of Topliss-reactive ketones (excluding diaryl/α,β-unsaturated/α-hetero) is 1. The zero-order chi connectivity index (χ0) is 23.3. The molecule has 5 nitrogen and oxygen atoms in total. The lowest BCUT2D eigenvalue weighted by atomic mass is 9.51. The van der Waals surface area contributed by atoms with Gasteiger partial charge in [0.25, 0.3) is 0 Å². The molecule has 4 aliphatic carbocycles. The molecule has 174 valence electrons. The van der Waals surface area contributed by atoms with Crippen LogP contribution in [-0.4, -0.2) is 34.9 Å². The zero-order valence-electron chi connectivity index (χ0n) is 19.8. The Morgan fingerprint density at radius 3 is 2.72 bits per heavy atom. The molecule has 0 bridgehead atoms. The molecule has 4 rings (SSSR count). The minimum atomic E-state index is -1.30. The molecule has 0 amide bonds. The highest BCUT2D eigenvalue weighted by atomic mass is 16.6. The molecule has 0 radical (unpaired) electrons. The van der Waals surface area contributed by atoms with Gasteiger partial charge in [-0.15, -0.1) is 0 Å². The summed E-state index contributed by atoms with van der Waals surface area (Å²) in [6, 6.07) is 0. The van der Waals surface area contributed by atoms with Crippen LogP contribution in [0.5, 0.6) is 0 Å². The van der Waals surface area contributed by atoms with Gasteiger partial charge in [-0.25, -0.2) is 0 Å². The van der Waals surface area contributed by atoms with Crippen molar-refractivity contribution in [1.29, 1.82) is 0 Å². The fourth-order valence-corrected chi connectivity index (χ4v) is 7.39. The van der Waals surface area contributed by atoms with Gasteiger partial charge in [0.05, 0.1) is 0 Å². The number of allylic oxidation sites excluding steroid dienone is 6. The van der Waals surface area contributed by atoms with E-state index in [1.54, 1.807) is 12.2 Å². The number of rotatable bonds is 6. The van der Waals surface area contributed by atoms with Crippen molar-refractivity contribution in [1.82, 2.24) is 0 Å². The number of hydrogen-bond donors (Lipinski definition) is 1. The van der Waals surface area contributed by atoms with E-state index in [-0.39, 0.29) is 40.7 Å². The zero-order valence-corrected chi connectivity index (χ0v) is 19.8. The van der Waals surface area contributed by atoms with E-state index in [2.05, 4.69) is 19.9 Å². The number of carbonyl (C=O) groups is 3. The SMILES string of the molecule is CCCCC(=O)O[C@@]1(C(=O)CO)[C@H](C)C[C@H]2[C@@H]3CCC4=CC(=O)C=C[C@]4(C)C3=CC[C@]21C. The van der Waals surface area contributed by atoms with Gasteiger partial charge < -0.3 is 9.84 Å². The number of aliphatic hydroxyl groups excluding tert-OH is 1. The fourth-order valence-electron chi connectivity index (χ4n) is 7.39. The molecule has 0 heterocycles. The Hall–Kier alpha value is -2.01. The molecule has 0 unspecified atom stereocenters. The first-order valence-corrected chi connectivity index (χ1v) is 12.1. The van der Waals surface area contributed by atoms with E-state index < -0.39 is 17.6 Å². The average molecular weight is 441 g/mol. The third kappa shape index (κ3) is 3.11. The summed E-state index contributed by atoms with van der Waals surface area (Å²) in [4.78, 5) is 38.1. The number of fused-ring (bicyclic) bond motifs is 5. The van der Waals surface area contributed by atoms with Gasteiger partial charge in [0, 0.05) is 23.2 Å². The molecule has 0 aromatic rings. The van der Waals surface area contributed by atoms with E-state index in [0.29, 0.717) is 12.8 Å². The summed E-state index contributed by atoms with van der Waals surface area (Å²) in [5.74, 6) is -0.383. The molecule has 5 heteroatoms. The van der Waals surface area contributed by atoms with Crippen LogP contribution in [0.3, 0.4) is 0 Å². The topological polar surface area (TPSA) is 80.7 Å². The molecule has 0 spiro atoms. The summed E-state index contributed by atoms with van der Waals surface area (Å²) < 4.78 is 6.12. The lowest BCUT2D eigenvalue weighted by Gasteiger charge is -2.54. The Morgan fingerprint density at radius 2 is 2.03 bits per heavy atom. The van der Waals surface area contributed by atoms with Crippen molar-refractivity contribution in [3.8, 4) is 0 Å². The maximum Gasteiger partial charge on any atom is 0.306 e. The average Bonchev–Trinajstić information content (AvgIpc) is 2.99. The highest BCUT2D eigenvalue weighted by Gasteiger charge is 2.69. The first kappa shape index (κ1) is 23.2. The van der Waals surface area contributed by atoms with Gasteiger partial charge in [-0.1, -0.05) is 50.5 Å². The van der Waals surface area contributed by atoms with Crippen molar-refractivity contribution in [3.63, 3.8) is 0 Å². The summed E-state index contributed by atoms with van der Waals surface area (Å²) in [5, 5.41) is 9.92. The van der Waals surface area contributed by atoms with Gasteiger partial charge in [-0.3, -0.25) is 14.4 Å². The molecular weight excluding hydrogens is 404 g/mol. The molecule has 0 aliphatic heterocycles. The molecule has 2 fully saturated rings. The summed E-state index contributed by atoms with van der Waals surface area (Å²) in [5.41, 5.74) is 0.387. The lowest BCUT2D eigenvalue weighted by Crippen LogP contribution is -2.60. The van der Waals surface area contributed by atoms with Crippen molar-refractivity contribution in [2.24, 2.45) is 28.6 Å². The van der Waals surface area contributed by atoms with E-state index >= 15 is 0 Å². The molecule has 4 aliphatic rings. The highest BCUT2D eigenvalue weighted by molar-refractivity contribution is 6.01. The quantitative estimate of drug-likeness (QED) is 0.486. The number of ether oxygens (including phenoxy) is 1. The van der Waals surface area contributed by atoms with Gasteiger partial charge >= 0.3 is 5.97 Å². The van der Waals surface area contributed by atoms with Gasteiger partial charge in [0.1, 0.15) is 6.61 Å². The number of unbranched alkanes of at least 4 members (excludes halogenated alkanes) is 1. The first-order chi connectivity index (χ1) is 15.1. The van der Waals surface area contributed by atoms with E-state index in [0.717, 1.165) is 32.1 Å². The molecule has 0 aromatic carbocycles. The Labute approximate surface area is 191 Å². The maximum absolute atomic E-state index is 13.3. The normalized spacial score (nSPS) is 40.0. The Morgan fingerprint density at radius 1 is 1.28 bits per heavy atom. The van der Waals surface area contributed by atoms with Crippen molar-refractivity contribution in [2.45, 2.75) is 78.2 Å². The van der Waals surface area contributed by atoms with Crippen molar-refractivity contribution >= 4 is 17.5 Å². The summed E-state index contributed by atoms with van der Waals surface area (Å²) in [6.07, 6.45) is 12.8. The minimum Gasteiger partial charge on any atom is -0.450 e. The standard InChI is InChI=1S/C27H36O5/c1-5-6-7-24(31)32-27(23(30)16-28)17(2)14-22-20-9-8-18-15-19(29)10-12-25(18,3)21(20)11-13-26(22,27)4/h10-12,15,17,20,22,28H,5-9,13-14,16H2,1-4H3/t17-,20-,22+,25+,26-,27-/m1/s1. The second-order valence-electron chi connectivity index (χ2n) is 10.7. The van der Waals surface area contributed by atoms with Crippen LogP contribution in [0.4, 0.5) is 0 Å². The Kier molecular flexibility index (Phi) is 5.85. The second-order valence-corrected chi connectivity index (χ2v) is 10.7. The number of ketones is 2.